The lowest BCUT2D eigenvalue weighted by atomic mass is 10.1. The molecule has 4 rings (SSSR count). The van der Waals surface area contributed by atoms with Crippen LogP contribution in [0, 0.1) is 0 Å². The molecule has 0 aliphatic carbocycles. The minimum Gasteiger partial charge on any atom is -0.497 e. The Labute approximate surface area is 204 Å². The number of ether oxygens (including phenoxy) is 3. The molecule has 2 amide bonds. The number of amides is 2. The van der Waals surface area contributed by atoms with Gasteiger partial charge in [-0.2, -0.15) is 0 Å². The SMILES string of the molecule is COc1ccc(C(=O)Nc2ccccc2NC(=O)c2ccc(OC)cc2OC2CCNCC2)cc1. The summed E-state index contributed by atoms with van der Waals surface area (Å²) >= 11 is 0. The Morgan fingerprint density at radius 2 is 1.40 bits per heavy atom. The highest BCUT2D eigenvalue weighted by Crippen LogP contribution is 2.29. The van der Waals surface area contributed by atoms with Crippen molar-refractivity contribution in [3.63, 3.8) is 0 Å². The second-order valence-electron chi connectivity index (χ2n) is 8.11. The number of nitrogens with one attached hydrogen (secondary N) is 3. The van der Waals surface area contributed by atoms with Crippen molar-refractivity contribution in [1.82, 2.24) is 5.32 Å². The first kappa shape index (κ1) is 24.1. The second-order valence-corrected chi connectivity index (χ2v) is 8.11. The molecule has 1 fully saturated rings. The van der Waals surface area contributed by atoms with E-state index in [4.69, 9.17) is 14.2 Å². The van der Waals surface area contributed by atoms with Gasteiger partial charge in [0.05, 0.1) is 31.2 Å². The number of piperidine rings is 1. The number of carbonyl (C=O) groups is 2. The minimum absolute atomic E-state index is 0.0194. The zero-order valence-electron chi connectivity index (χ0n) is 19.8. The van der Waals surface area contributed by atoms with Gasteiger partial charge in [-0.25, -0.2) is 0 Å². The zero-order valence-corrected chi connectivity index (χ0v) is 19.8. The van der Waals surface area contributed by atoms with Crippen LogP contribution < -0.4 is 30.2 Å². The monoisotopic (exact) mass is 475 g/mol. The molecule has 3 N–H and O–H groups in total. The Morgan fingerprint density at radius 1 is 0.800 bits per heavy atom. The lowest BCUT2D eigenvalue weighted by molar-refractivity contribution is 0.100. The summed E-state index contributed by atoms with van der Waals surface area (Å²) in [7, 11) is 3.14. The van der Waals surface area contributed by atoms with Crippen LogP contribution in [0.25, 0.3) is 0 Å². The number of carbonyl (C=O) groups excluding carboxylic acids is 2. The summed E-state index contributed by atoms with van der Waals surface area (Å²) in [5.41, 5.74) is 1.82. The molecule has 1 aliphatic rings. The van der Waals surface area contributed by atoms with Gasteiger partial charge in [0.2, 0.25) is 0 Å². The van der Waals surface area contributed by atoms with Gasteiger partial charge in [0.25, 0.3) is 11.8 Å². The number of hydrogen-bond donors (Lipinski definition) is 3. The first-order valence-electron chi connectivity index (χ1n) is 11.5. The van der Waals surface area contributed by atoms with E-state index in [1.807, 2.05) is 0 Å². The third-order valence-electron chi connectivity index (χ3n) is 5.79. The Morgan fingerprint density at radius 3 is 2.03 bits per heavy atom. The minimum atomic E-state index is -0.345. The van der Waals surface area contributed by atoms with E-state index in [0.29, 0.717) is 39.8 Å². The fourth-order valence-electron chi connectivity index (χ4n) is 3.84. The fourth-order valence-corrected chi connectivity index (χ4v) is 3.84. The highest BCUT2D eigenvalue weighted by atomic mass is 16.5. The molecule has 0 unspecified atom stereocenters. The van der Waals surface area contributed by atoms with E-state index in [-0.39, 0.29) is 17.9 Å². The van der Waals surface area contributed by atoms with E-state index in [1.165, 1.54) is 0 Å². The van der Waals surface area contributed by atoms with Gasteiger partial charge >= 0.3 is 0 Å². The maximum absolute atomic E-state index is 13.3. The molecule has 182 valence electrons. The van der Waals surface area contributed by atoms with Crippen LogP contribution in [0.2, 0.25) is 0 Å². The number of hydrogen-bond acceptors (Lipinski definition) is 6. The van der Waals surface area contributed by atoms with Crippen LogP contribution in [-0.2, 0) is 0 Å². The first-order chi connectivity index (χ1) is 17.1. The normalized spacial score (nSPS) is 13.5. The summed E-state index contributed by atoms with van der Waals surface area (Å²) < 4.78 is 16.7. The van der Waals surface area contributed by atoms with Crippen molar-refractivity contribution in [3.8, 4) is 17.2 Å². The molecule has 0 radical (unpaired) electrons. The van der Waals surface area contributed by atoms with Crippen LogP contribution in [-0.4, -0.2) is 45.2 Å². The van der Waals surface area contributed by atoms with E-state index < -0.39 is 0 Å². The topological polar surface area (TPSA) is 97.9 Å². The van der Waals surface area contributed by atoms with Crippen LogP contribution in [0.5, 0.6) is 17.2 Å². The van der Waals surface area contributed by atoms with Crippen molar-refractivity contribution in [2.45, 2.75) is 18.9 Å². The molecule has 1 aliphatic heterocycles. The van der Waals surface area contributed by atoms with Gasteiger partial charge in [-0.15, -0.1) is 0 Å². The van der Waals surface area contributed by atoms with Crippen molar-refractivity contribution in [1.29, 1.82) is 0 Å². The molecule has 35 heavy (non-hydrogen) atoms. The van der Waals surface area contributed by atoms with Gasteiger partial charge < -0.3 is 30.2 Å². The number of para-hydroxylation sites is 2. The van der Waals surface area contributed by atoms with Crippen molar-refractivity contribution >= 4 is 23.2 Å². The molecule has 0 saturated carbocycles. The summed E-state index contributed by atoms with van der Waals surface area (Å²) in [6.07, 6.45) is 1.74. The molecule has 0 spiro atoms. The van der Waals surface area contributed by atoms with E-state index in [0.717, 1.165) is 25.9 Å². The third-order valence-corrected chi connectivity index (χ3v) is 5.79. The van der Waals surface area contributed by atoms with Gasteiger partial charge in [-0.1, -0.05) is 12.1 Å². The molecule has 3 aromatic carbocycles. The molecule has 0 aromatic heterocycles. The highest BCUT2D eigenvalue weighted by molar-refractivity contribution is 6.10. The molecule has 0 atom stereocenters. The van der Waals surface area contributed by atoms with Crippen molar-refractivity contribution < 1.29 is 23.8 Å². The van der Waals surface area contributed by atoms with Gasteiger partial charge in [-0.3, -0.25) is 9.59 Å². The summed E-state index contributed by atoms with van der Waals surface area (Å²) in [5.74, 6) is 1.10. The summed E-state index contributed by atoms with van der Waals surface area (Å²) in [6, 6.07) is 19.0. The highest BCUT2D eigenvalue weighted by Gasteiger charge is 2.21. The number of methoxy groups -OCH3 is 2. The standard InChI is InChI=1S/C27H29N3O5/c1-33-19-9-7-18(8-10-19)26(31)29-23-5-3-4-6-24(23)30-27(32)22-12-11-21(34-2)17-25(22)35-20-13-15-28-16-14-20/h3-12,17,20,28H,13-16H2,1-2H3,(H,29,31)(H,30,32). The Bertz CT molecular complexity index is 1170. The Hall–Kier alpha value is -4.04. The third kappa shape index (κ3) is 6.10. The van der Waals surface area contributed by atoms with Crippen LogP contribution in [0.1, 0.15) is 33.6 Å². The smallest absolute Gasteiger partial charge is 0.259 e. The van der Waals surface area contributed by atoms with Gasteiger partial charge in [0.15, 0.2) is 0 Å². The van der Waals surface area contributed by atoms with Crippen LogP contribution >= 0.6 is 0 Å². The van der Waals surface area contributed by atoms with E-state index in [1.54, 1.807) is 80.9 Å². The van der Waals surface area contributed by atoms with Gasteiger partial charge in [-0.05, 0) is 74.5 Å². The van der Waals surface area contributed by atoms with Crippen LogP contribution in [0.4, 0.5) is 11.4 Å². The average Bonchev–Trinajstić information content (AvgIpc) is 2.90. The average molecular weight is 476 g/mol. The van der Waals surface area contributed by atoms with Gasteiger partial charge in [0.1, 0.15) is 23.4 Å². The molecule has 1 heterocycles. The van der Waals surface area contributed by atoms with Gasteiger partial charge in [0, 0.05) is 11.6 Å². The van der Waals surface area contributed by atoms with Crippen molar-refractivity contribution in [2.24, 2.45) is 0 Å². The van der Waals surface area contributed by atoms with Crippen LogP contribution in [0.15, 0.2) is 66.7 Å². The van der Waals surface area contributed by atoms with E-state index in [2.05, 4.69) is 16.0 Å². The molecule has 0 bridgehead atoms. The molecular weight excluding hydrogens is 446 g/mol. The molecular formula is C27H29N3O5. The molecule has 1 saturated heterocycles. The van der Waals surface area contributed by atoms with E-state index >= 15 is 0 Å². The van der Waals surface area contributed by atoms with Crippen LogP contribution in [0.3, 0.4) is 0 Å². The lowest BCUT2D eigenvalue weighted by Gasteiger charge is -2.25. The molecule has 8 heteroatoms. The molecule has 8 nitrogen and oxygen atoms in total. The maximum Gasteiger partial charge on any atom is 0.259 e. The second kappa shape index (κ2) is 11.4. The Kier molecular flexibility index (Phi) is 7.84. The predicted octanol–water partition coefficient (Wildman–Crippen LogP) is 4.34. The Balaban J connectivity index is 1.52. The lowest BCUT2D eigenvalue weighted by Crippen LogP contribution is -2.34. The quantitative estimate of drug-likeness (QED) is 0.448. The number of anilines is 2. The van der Waals surface area contributed by atoms with Crippen molar-refractivity contribution in [3.05, 3.63) is 77.9 Å². The first-order valence-corrected chi connectivity index (χ1v) is 11.5. The summed E-state index contributed by atoms with van der Waals surface area (Å²) in [6.45, 7) is 1.74. The summed E-state index contributed by atoms with van der Waals surface area (Å²) in [4.78, 5) is 26.0. The zero-order chi connectivity index (χ0) is 24.6. The predicted molar refractivity (Wildman–Crippen MR) is 135 cm³/mol. The van der Waals surface area contributed by atoms with E-state index in [9.17, 15) is 9.59 Å². The number of benzene rings is 3. The molecule has 3 aromatic rings. The van der Waals surface area contributed by atoms with Crippen molar-refractivity contribution in [2.75, 3.05) is 37.9 Å². The summed E-state index contributed by atoms with van der Waals surface area (Å²) in [5, 5.41) is 9.08. The maximum atomic E-state index is 13.3. The largest absolute Gasteiger partial charge is 0.497 e. The fraction of sp³-hybridized carbons (Fsp3) is 0.259. The number of rotatable bonds is 8.